The molecule has 0 amide bonds. The van der Waals surface area contributed by atoms with Crippen LogP contribution in [0.3, 0.4) is 0 Å². The minimum atomic E-state index is -0.0492. The van der Waals surface area contributed by atoms with Gasteiger partial charge in [-0.15, -0.1) is 0 Å². The average Bonchev–Trinajstić information content (AvgIpc) is 2.75. The fraction of sp³-hybridized carbons (Fsp3) is 0.786. The molecule has 2 unspecified atom stereocenters. The second kappa shape index (κ2) is 5.02. The van der Waals surface area contributed by atoms with Crippen LogP contribution in [0.15, 0.2) is 12.5 Å². The predicted octanol–water partition coefficient (Wildman–Crippen LogP) is 2.67. The van der Waals surface area contributed by atoms with Gasteiger partial charge in [0.15, 0.2) is 0 Å². The third kappa shape index (κ3) is 2.75. The van der Waals surface area contributed by atoms with Gasteiger partial charge < -0.3 is 15.0 Å². The molecule has 102 valence electrons. The van der Waals surface area contributed by atoms with Crippen molar-refractivity contribution in [2.24, 2.45) is 11.7 Å². The summed E-state index contributed by atoms with van der Waals surface area (Å²) in [6.07, 6.45) is 5.88. The average molecular weight is 251 g/mol. The van der Waals surface area contributed by atoms with E-state index in [1.54, 1.807) is 0 Å². The normalized spacial score (nSPS) is 25.3. The molecule has 0 aliphatic carbocycles. The molecule has 1 fully saturated rings. The van der Waals surface area contributed by atoms with E-state index in [0.717, 1.165) is 25.1 Å². The Labute approximate surface area is 110 Å². The highest BCUT2D eigenvalue weighted by Crippen LogP contribution is 2.34. The van der Waals surface area contributed by atoms with Crippen molar-refractivity contribution >= 4 is 0 Å². The van der Waals surface area contributed by atoms with Gasteiger partial charge in [0.2, 0.25) is 0 Å². The highest BCUT2D eigenvalue weighted by molar-refractivity contribution is 5.08. The van der Waals surface area contributed by atoms with Crippen molar-refractivity contribution in [3.8, 4) is 0 Å². The van der Waals surface area contributed by atoms with E-state index in [0.29, 0.717) is 12.0 Å². The smallest absolute Gasteiger partial charge is 0.0951 e. The molecule has 0 radical (unpaired) electrons. The molecular weight excluding hydrogens is 226 g/mol. The van der Waals surface area contributed by atoms with Crippen LogP contribution < -0.4 is 5.73 Å². The quantitative estimate of drug-likeness (QED) is 0.898. The van der Waals surface area contributed by atoms with Gasteiger partial charge in [-0.1, -0.05) is 13.8 Å². The maximum atomic E-state index is 6.27. The zero-order valence-corrected chi connectivity index (χ0v) is 11.9. The number of imidazole rings is 1. The lowest BCUT2D eigenvalue weighted by molar-refractivity contribution is -0.0695. The molecule has 1 aromatic heterocycles. The Kier molecular flexibility index (Phi) is 3.78. The van der Waals surface area contributed by atoms with E-state index in [2.05, 4.69) is 37.2 Å². The number of hydrogen-bond acceptors (Lipinski definition) is 3. The first-order valence-corrected chi connectivity index (χ1v) is 6.82. The fourth-order valence-corrected chi connectivity index (χ4v) is 2.66. The van der Waals surface area contributed by atoms with E-state index in [1.807, 2.05) is 12.5 Å². The molecule has 2 N–H and O–H groups in total. The lowest BCUT2D eigenvalue weighted by Crippen LogP contribution is -2.36. The lowest BCUT2D eigenvalue weighted by Gasteiger charge is -2.37. The molecular formula is C14H25N3O. The molecule has 0 bridgehead atoms. The zero-order valence-electron chi connectivity index (χ0n) is 11.9. The minimum Gasteiger partial charge on any atom is -0.375 e. The molecule has 4 heteroatoms. The largest absolute Gasteiger partial charge is 0.375 e. The maximum absolute atomic E-state index is 6.27. The Morgan fingerprint density at radius 1 is 1.50 bits per heavy atom. The second-order valence-electron chi connectivity index (χ2n) is 6.25. The van der Waals surface area contributed by atoms with Crippen molar-refractivity contribution < 1.29 is 4.74 Å². The van der Waals surface area contributed by atoms with Crippen LogP contribution in [0.25, 0.3) is 0 Å². The van der Waals surface area contributed by atoms with E-state index in [1.165, 1.54) is 0 Å². The summed E-state index contributed by atoms with van der Waals surface area (Å²) in [4.78, 5) is 4.29. The van der Waals surface area contributed by atoms with Crippen LogP contribution in [-0.2, 0) is 4.74 Å². The Balaban J connectivity index is 2.21. The summed E-state index contributed by atoms with van der Waals surface area (Å²) >= 11 is 0. The van der Waals surface area contributed by atoms with Crippen molar-refractivity contribution in [2.75, 3.05) is 6.61 Å². The van der Waals surface area contributed by atoms with E-state index in [9.17, 15) is 0 Å². The summed E-state index contributed by atoms with van der Waals surface area (Å²) in [6, 6.07) is 0.509. The molecule has 1 aromatic rings. The summed E-state index contributed by atoms with van der Waals surface area (Å²) in [7, 11) is 0. The Morgan fingerprint density at radius 2 is 2.22 bits per heavy atom. The number of hydrogen-bond donors (Lipinski definition) is 1. The summed E-state index contributed by atoms with van der Waals surface area (Å²) in [6.45, 7) is 9.41. The van der Waals surface area contributed by atoms with E-state index in [-0.39, 0.29) is 11.6 Å². The first-order chi connectivity index (χ1) is 8.41. The first-order valence-electron chi connectivity index (χ1n) is 6.82. The van der Waals surface area contributed by atoms with Crippen LogP contribution >= 0.6 is 0 Å². The molecule has 2 rings (SSSR count). The van der Waals surface area contributed by atoms with Gasteiger partial charge in [0.05, 0.1) is 17.6 Å². The number of ether oxygens (including phenoxy) is 1. The Hall–Kier alpha value is -0.870. The molecule has 0 aromatic carbocycles. The van der Waals surface area contributed by atoms with Gasteiger partial charge in [-0.05, 0) is 32.6 Å². The van der Waals surface area contributed by atoms with Gasteiger partial charge in [0, 0.05) is 24.9 Å². The minimum absolute atomic E-state index is 0.0492. The summed E-state index contributed by atoms with van der Waals surface area (Å²) in [5.41, 5.74) is 7.36. The topological polar surface area (TPSA) is 53.1 Å². The molecule has 0 spiro atoms. The van der Waals surface area contributed by atoms with Crippen molar-refractivity contribution in [1.29, 1.82) is 0 Å². The van der Waals surface area contributed by atoms with Crippen molar-refractivity contribution in [1.82, 2.24) is 9.55 Å². The predicted molar refractivity (Wildman–Crippen MR) is 72.3 cm³/mol. The van der Waals surface area contributed by atoms with Gasteiger partial charge in [-0.2, -0.15) is 0 Å². The molecule has 1 aliphatic heterocycles. The van der Waals surface area contributed by atoms with Crippen LogP contribution in [0.4, 0.5) is 0 Å². The molecule has 18 heavy (non-hydrogen) atoms. The van der Waals surface area contributed by atoms with E-state index >= 15 is 0 Å². The van der Waals surface area contributed by atoms with Crippen LogP contribution in [-0.4, -0.2) is 21.8 Å². The number of aromatic nitrogens is 2. The summed E-state index contributed by atoms with van der Waals surface area (Å²) in [5.74, 6) is 0.424. The van der Waals surface area contributed by atoms with E-state index in [4.69, 9.17) is 10.5 Å². The fourth-order valence-electron chi connectivity index (χ4n) is 2.66. The number of nitrogens with two attached hydrogens (primary N) is 1. The third-order valence-corrected chi connectivity index (χ3v) is 3.82. The maximum Gasteiger partial charge on any atom is 0.0951 e. The zero-order chi connectivity index (χ0) is 13.3. The van der Waals surface area contributed by atoms with Crippen LogP contribution in [0.1, 0.15) is 58.3 Å². The van der Waals surface area contributed by atoms with Gasteiger partial charge in [-0.25, -0.2) is 4.98 Å². The highest BCUT2D eigenvalue weighted by Gasteiger charge is 2.31. The number of nitrogens with zero attached hydrogens (tertiary/aromatic N) is 2. The molecule has 4 nitrogen and oxygen atoms in total. The van der Waals surface area contributed by atoms with E-state index < -0.39 is 0 Å². The first kappa shape index (κ1) is 13.6. The van der Waals surface area contributed by atoms with Crippen LogP contribution in [0.2, 0.25) is 0 Å². The molecule has 0 saturated carbocycles. The monoisotopic (exact) mass is 251 g/mol. The molecule has 2 atom stereocenters. The second-order valence-corrected chi connectivity index (χ2v) is 6.25. The molecule has 2 heterocycles. The van der Waals surface area contributed by atoms with Crippen molar-refractivity contribution in [3.05, 3.63) is 18.2 Å². The Morgan fingerprint density at radius 3 is 2.83 bits per heavy atom. The van der Waals surface area contributed by atoms with Crippen LogP contribution in [0.5, 0.6) is 0 Å². The third-order valence-electron chi connectivity index (χ3n) is 3.82. The SMILES string of the molecule is CC(C)C(N)c1cncn1C1CCOC(C)(C)C1. The van der Waals surface area contributed by atoms with Crippen molar-refractivity contribution in [2.45, 2.75) is 58.2 Å². The Bertz CT molecular complexity index is 397. The highest BCUT2D eigenvalue weighted by atomic mass is 16.5. The van der Waals surface area contributed by atoms with Gasteiger partial charge >= 0.3 is 0 Å². The van der Waals surface area contributed by atoms with Gasteiger partial charge in [0.25, 0.3) is 0 Å². The summed E-state index contributed by atoms with van der Waals surface area (Å²) < 4.78 is 8.04. The summed E-state index contributed by atoms with van der Waals surface area (Å²) in [5, 5.41) is 0. The van der Waals surface area contributed by atoms with Gasteiger partial charge in [0.1, 0.15) is 0 Å². The molecule has 1 aliphatic rings. The van der Waals surface area contributed by atoms with Crippen molar-refractivity contribution in [3.63, 3.8) is 0 Å². The van der Waals surface area contributed by atoms with Crippen LogP contribution in [0, 0.1) is 5.92 Å². The number of rotatable bonds is 3. The van der Waals surface area contributed by atoms with Gasteiger partial charge in [-0.3, -0.25) is 0 Å². The molecule has 1 saturated heterocycles. The standard InChI is InChI=1S/C14H25N3O/c1-10(2)13(15)12-8-16-9-17(12)11-5-6-18-14(3,4)7-11/h8-11,13H,5-7,15H2,1-4H3. The lowest BCUT2D eigenvalue weighted by atomic mass is 9.93.